The molecule has 0 spiro atoms. The summed E-state index contributed by atoms with van der Waals surface area (Å²) in [6.45, 7) is -0.633. The minimum atomic E-state index is -1.28. The summed E-state index contributed by atoms with van der Waals surface area (Å²) >= 11 is 3.29. The SMILES string of the molecule is O=C(N[C@@H](CO)C(=O)O)c1cc(Br)cn1C1CC1. The zero-order valence-electron chi connectivity index (χ0n) is 9.47. The van der Waals surface area contributed by atoms with E-state index in [-0.39, 0.29) is 0 Å². The van der Waals surface area contributed by atoms with Gasteiger partial charge in [0.1, 0.15) is 5.69 Å². The van der Waals surface area contributed by atoms with Gasteiger partial charge in [-0.25, -0.2) is 4.79 Å². The maximum Gasteiger partial charge on any atom is 0.328 e. The number of amides is 1. The van der Waals surface area contributed by atoms with Crippen LogP contribution in [0, 0.1) is 0 Å². The Kier molecular flexibility index (Phi) is 3.72. The second-order valence-corrected chi connectivity index (χ2v) is 5.14. The van der Waals surface area contributed by atoms with E-state index >= 15 is 0 Å². The first kappa shape index (κ1) is 13.1. The van der Waals surface area contributed by atoms with E-state index in [1.54, 1.807) is 12.3 Å². The minimum absolute atomic E-state index is 0.314. The highest BCUT2D eigenvalue weighted by Crippen LogP contribution is 2.37. The number of nitrogens with zero attached hydrogens (tertiary/aromatic N) is 1. The van der Waals surface area contributed by atoms with Crippen molar-refractivity contribution in [1.82, 2.24) is 9.88 Å². The summed E-state index contributed by atoms with van der Waals surface area (Å²) < 4.78 is 2.60. The van der Waals surface area contributed by atoms with Crippen LogP contribution < -0.4 is 5.32 Å². The summed E-state index contributed by atoms with van der Waals surface area (Å²) in [7, 11) is 0. The Bertz CT molecular complexity index is 481. The number of carbonyl (C=O) groups excluding carboxylic acids is 1. The lowest BCUT2D eigenvalue weighted by molar-refractivity contribution is -0.140. The lowest BCUT2D eigenvalue weighted by atomic mass is 10.3. The number of aliphatic hydroxyl groups excluding tert-OH is 1. The summed E-state index contributed by atoms with van der Waals surface area (Å²) in [6, 6.07) is 0.678. The van der Waals surface area contributed by atoms with E-state index in [2.05, 4.69) is 21.2 Å². The van der Waals surface area contributed by atoms with Gasteiger partial charge in [0, 0.05) is 16.7 Å². The van der Waals surface area contributed by atoms with Crippen LogP contribution >= 0.6 is 15.9 Å². The van der Waals surface area contributed by atoms with Gasteiger partial charge in [-0.3, -0.25) is 4.79 Å². The smallest absolute Gasteiger partial charge is 0.328 e. The molecule has 0 bridgehead atoms. The monoisotopic (exact) mass is 316 g/mol. The van der Waals surface area contributed by atoms with Crippen molar-refractivity contribution in [2.24, 2.45) is 0 Å². The van der Waals surface area contributed by atoms with E-state index in [0.717, 1.165) is 17.3 Å². The van der Waals surface area contributed by atoms with Crippen LogP contribution in [0.3, 0.4) is 0 Å². The summed E-state index contributed by atoms with van der Waals surface area (Å²) in [5, 5.41) is 19.9. The molecule has 2 rings (SSSR count). The van der Waals surface area contributed by atoms with Gasteiger partial charge < -0.3 is 20.1 Å². The Morgan fingerprint density at radius 2 is 2.22 bits per heavy atom. The third-order valence-corrected chi connectivity index (χ3v) is 3.21. The molecule has 1 aromatic heterocycles. The van der Waals surface area contributed by atoms with E-state index in [1.165, 1.54) is 0 Å². The number of hydrogen-bond acceptors (Lipinski definition) is 3. The highest BCUT2D eigenvalue weighted by molar-refractivity contribution is 9.10. The van der Waals surface area contributed by atoms with Gasteiger partial charge >= 0.3 is 5.97 Å². The normalized spacial score (nSPS) is 16.3. The molecule has 0 radical (unpaired) electrons. The first-order valence-electron chi connectivity index (χ1n) is 5.55. The van der Waals surface area contributed by atoms with E-state index in [0.29, 0.717) is 11.7 Å². The minimum Gasteiger partial charge on any atom is -0.480 e. The summed E-state index contributed by atoms with van der Waals surface area (Å²) in [5.74, 6) is -1.75. The fraction of sp³-hybridized carbons (Fsp3) is 0.455. The quantitative estimate of drug-likeness (QED) is 0.748. The fourth-order valence-corrected chi connectivity index (χ4v) is 2.14. The molecule has 0 aliphatic heterocycles. The second-order valence-electron chi connectivity index (χ2n) is 4.23. The van der Waals surface area contributed by atoms with E-state index in [1.807, 2.05) is 4.57 Å². The fourth-order valence-electron chi connectivity index (χ4n) is 1.70. The number of carboxylic acid groups (broad SMARTS) is 1. The molecule has 0 saturated heterocycles. The van der Waals surface area contributed by atoms with Crippen LogP contribution in [0.5, 0.6) is 0 Å². The molecule has 18 heavy (non-hydrogen) atoms. The Morgan fingerprint density at radius 3 is 2.72 bits per heavy atom. The molecule has 1 amide bonds. The van der Waals surface area contributed by atoms with Gasteiger partial charge in [-0.1, -0.05) is 0 Å². The van der Waals surface area contributed by atoms with E-state index in [9.17, 15) is 9.59 Å². The molecule has 3 N–H and O–H groups in total. The number of carboxylic acids is 1. The Morgan fingerprint density at radius 1 is 1.56 bits per heavy atom. The van der Waals surface area contributed by atoms with Crippen LogP contribution in [0.1, 0.15) is 29.4 Å². The zero-order chi connectivity index (χ0) is 13.3. The standard InChI is InChI=1S/C11H13BrN2O4/c12-6-3-9(14(4-6)7-1-2-7)10(16)13-8(5-15)11(17)18/h3-4,7-8,15H,1-2,5H2,(H,13,16)(H,17,18)/t8-/m0/s1. The lowest BCUT2D eigenvalue weighted by Gasteiger charge is -2.13. The molecule has 1 heterocycles. The molecule has 1 aromatic rings. The Labute approximate surface area is 112 Å². The van der Waals surface area contributed by atoms with Gasteiger partial charge in [0.2, 0.25) is 0 Å². The predicted molar refractivity (Wildman–Crippen MR) is 66.4 cm³/mol. The topological polar surface area (TPSA) is 91.6 Å². The largest absolute Gasteiger partial charge is 0.480 e. The summed E-state index contributed by atoms with van der Waals surface area (Å²) in [5.41, 5.74) is 0.407. The van der Waals surface area contributed by atoms with E-state index in [4.69, 9.17) is 10.2 Å². The van der Waals surface area contributed by atoms with Crippen molar-refractivity contribution in [2.75, 3.05) is 6.61 Å². The average molecular weight is 317 g/mol. The molecule has 6 nitrogen and oxygen atoms in total. The number of aliphatic carboxylic acids is 1. The molecule has 1 fully saturated rings. The van der Waals surface area contributed by atoms with Gasteiger partial charge in [0.25, 0.3) is 5.91 Å². The van der Waals surface area contributed by atoms with Crippen molar-refractivity contribution in [3.63, 3.8) is 0 Å². The van der Waals surface area contributed by atoms with Crippen LogP contribution in [-0.4, -0.2) is 39.3 Å². The van der Waals surface area contributed by atoms with Crippen molar-refractivity contribution < 1.29 is 19.8 Å². The summed E-state index contributed by atoms with van der Waals surface area (Å²) in [6.07, 6.45) is 3.84. The molecular formula is C11H13BrN2O4. The van der Waals surface area contributed by atoms with Crippen molar-refractivity contribution in [3.05, 3.63) is 22.4 Å². The lowest BCUT2D eigenvalue weighted by Crippen LogP contribution is -2.43. The highest BCUT2D eigenvalue weighted by atomic mass is 79.9. The molecule has 1 aliphatic rings. The third-order valence-electron chi connectivity index (χ3n) is 2.77. The third kappa shape index (κ3) is 2.73. The maximum absolute atomic E-state index is 12.0. The molecule has 0 aromatic carbocycles. The van der Waals surface area contributed by atoms with Crippen LogP contribution in [0.2, 0.25) is 0 Å². The Hall–Kier alpha value is -1.34. The summed E-state index contributed by atoms with van der Waals surface area (Å²) in [4.78, 5) is 22.7. The number of hydrogen-bond donors (Lipinski definition) is 3. The van der Waals surface area contributed by atoms with Crippen molar-refractivity contribution in [2.45, 2.75) is 24.9 Å². The van der Waals surface area contributed by atoms with Crippen molar-refractivity contribution in [3.8, 4) is 0 Å². The van der Waals surface area contributed by atoms with Crippen molar-refractivity contribution in [1.29, 1.82) is 0 Å². The van der Waals surface area contributed by atoms with Crippen LogP contribution in [0.15, 0.2) is 16.7 Å². The van der Waals surface area contributed by atoms with Gasteiger partial charge in [-0.2, -0.15) is 0 Å². The molecule has 1 atom stereocenters. The van der Waals surface area contributed by atoms with Crippen LogP contribution in [-0.2, 0) is 4.79 Å². The number of halogens is 1. The molecule has 7 heteroatoms. The number of carbonyl (C=O) groups is 2. The maximum atomic E-state index is 12.0. The molecular weight excluding hydrogens is 304 g/mol. The molecule has 0 unspecified atom stereocenters. The number of nitrogens with one attached hydrogen (secondary N) is 1. The van der Waals surface area contributed by atoms with E-state index < -0.39 is 24.5 Å². The van der Waals surface area contributed by atoms with Crippen LogP contribution in [0.4, 0.5) is 0 Å². The number of rotatable bonds is 5. The van der Waals surface area contributed by atoms with Gasteiger partial charge in [-0.05, 0) is 34.8 Å². The molecule has 98 valence electrons. The predicted octanol–water partition coefficient (Wildman–Crippen LogP) is 0.761. The Balaban J connectivity index is 2.15. The van der Waals surface area contributed by atoms with Crippen LogP contribution in [0.25, 0.3) is 0 Å². The molecule has 1 aliphatic carbocycles. The first-order chi connectivity index (χ1) is 8.52. The second kappa shape index (κ2) is 5.11. The highest BCUT2D eigenvalue weighted by Gasteiger charge is 2.29. The average Bonchev–Trinajstić information content (AvgIpc) is 3.08. The first-order valence-corrected chi connectivity index (χ1v) is 6.34. The molecule has 1 saturated carbocycles. The van der Waals surface area contributed by atoms with Gasteiger partial charge in [0.15, 0.2) is 6.04 Å². The number of aromatic nitrogens is 1. The van der Waals surface area contributed by atoms with Gasteiger partial charge in [-0.15, -0.1) is 0 Å². The van der Waals surface area contributed by atoms with Gasteiger partial charge in [0.05, 0.1) is 6.61 Å². The number of aliphatic hydroxyl groups is 1. The zero-order valence-corrected chi connectivity index (χ0v) is 11.1. The van der Waals surface area contributed by atoms with Crippen molar-refractivity contribution >= 4 is 27.8 Å².